The van der Waals surface area contributed by atoms with E-state index in [0.717, 1.165) is 50.4 Å². The number of aryl methyl sites for hydroxylation is 1. The van der Waals surface area contributed by atoms with Crippen LogP contribution in [0.1, 0.15) is 18.4 Å². The van der Waals surface area contributed by atoms with Crippen LogP contribution in [-0.2, 0) is 9.47 Å². The number of rotatable bonds is 1. The number of nitrogen functional groups attached to an aromatic ring is 1. The van der Waals surface area contributed by atoms with E-state index < -0.39 is 0 Å². The van der Waals surface area contributed by atoms with Crippen molar-refractivity contribution in [3.05, 3.63) is 23.8 Å². The quantitative estimate of drug-likeness (QED) is 0.771. The number of anilines is 2. The highest BCUT2D eigenvalue weighted by Gasteiger charge is 2.39. The van der Waals surface area contributed by atoms with E-state index in [0.29, 0.717) is 0 Å². The number of ether oxygens (including phenoxy) is 2. The number of piperidine rings is 1. The van der Waals surface area contributed by atoms with Crippen LogP contribution in [0.4, 0.5) is 11.4 Å². The second-order valence-electron chi connectivity index (χ2n) is 5.14. The lowest BCUT2D eigenvalue weighted by Gasteiger charge is -2.38. The van der Waals surface area contributed by atoms with Crippen molar-refractivity contribution in [3.63, 3.8) is 0 Å². The first-order valence-corrected chi connectivity index (χ1v) is 6.58. The van der Waals surface area contributed by atoms with E-state index in [4.69, 9.17) is 15.2 Å². The molecule has 1 aromatic carbocycles. The van der Waals surface area contributed by atoms with Crippen LogP contribution in [0.2, 0.25) is 0 Å². The van der Waals surface area contributed by atoms with E-state index in [1.54, 1.807) is 0 Å². The van der Waals surface area contributed by atoms with Gasteiger partial charge in [0.1, 0.15) is 0 Å². The van der Waals surface area contributed by atoms with Gasteiger partial charge in [0, 0.05) is 37.3 Å². The van der Waals surface area contributed by atoms with Gasteiger partial charge in [-0.25, -0.2) is 0 Å². The lowest BCUT2D eigenvalue weighted by molar-refractivity contribution is -0.169. The van der Waals surface area contributed by atoms with Gasteiger partial charge in [0.25, 0.3) is 0 Å². The Morgan fingerprint density at radius 3 is 2.44 bits per heavy atom. The third-order valence-electron chi connectivity index (χ3n) is 3.97. The molecule has 0 aliphatic carbocycles. The zero-order valence-electron chi connectivity index (χ0n) is 10.8. The molecule has 1 spiro atoms. The van der Waals surface area contributed by atoms with Crippen LogP contribution in [0.25, 0.3) is 0 Å². The summed E-state index contributed by atoms with van der Waals surface area (Å²) in [5.41, 5.74) is 9.16. The molecule has 4 heteroatoms. The van der Waals surface area contributed by atoms with Crippen molar-refractivity contribution in [2.75, 3.05) is 36.9 Å². The van der Waals surface area contributed by atoms with Gasteiger partial charge in [0.05, 0.1) is 13.2 Å². The molecule has 0 atom stereocenters. The van der Waals surface area contributed by atoms with Gasteiger partial charge in [0.15, 0.2) is 5.79 Å². The molecule has 0 saturated carbocycles. The minimum atomic E-state index is -0.299. The number of hydrogen-bond donors (Lipinski definition) is 1. The van der Waals surface area contributed by atoms with Gasteiger partial charge < -0.3 is 20.1 Å². The van der Waals surface area contributed by atoms with Crippen LogP contribution in [-0.4, -0.2) is 32.1 Å². The molecule has 2 saturated heterocycles. The molecule has 4 nitrogen and oxygen atoms in total. The zero-order chi connectivity index (χ0) is 12.6. The minimum Gasteiger partial charge on any atom is -0.398 e. The van der Waals surface area contributed by atoms with Crippen LogP contribution in [0.5, 0.6) is 0 Å². The second kappa shape index (κ2) is 4.44. The summed E-state index contributed by atoms with van der Waals surface area (Å²) in [7, 11) is 0. The summed E-state index contributed by atoms with van der Waals surface area (Å²) in [6.45, 7) is 5.42. The first kappa shape index (κ1) is 11.8. The van der Waals surface area contributed by atoms with Crippen molar-refractivity contribution in [1.82, 2.24) is 0 Å². The topological polar surface area (TPSA) is 47.7 Å². The largest absolute Gasteiger partial charge is 0.398 e. The fraction of sp³-hybridized carbons (Fsp3) is 0.571. The summed E-state index contributed by atoms with van der Waals surface area (Å²) in [6.07, 6.45) is 1.86. The predicted octanol–water partition coefficient (Wildman–Crippen LogP) is 1.92. The zero-order valence-corrected chi connectivity index (χ0v) is 10.8. The molecule has 3 rings (SSSR count). The maximum atomic E-state index is 5.97. The Morgan fingerprint density at radius 1 is 1.17 bits per heavy atom. The van der Waals surface area contributed by atoms with Crippen molar-refractivity contribution in [3.8, 4) is 0 Å². The molecule has 0 unspecified atom stereocenters. The molecule has 2 fully saturated rings. The average Bonchev–Trinajstić information content (AvgIpc) is 2.82. The first-order chi connectivity index (χ1) is 8.69. The van der Waals surface area contributed by atoms with Crippen molar-refractivity contribution in [2.24, 2.45) is 0 Å². The summed E-state index contributed by atoms with van der Waals surface area (Å²) in [5.74, 6) is -0.299. The van der Waals surface area contributed by atoms with Crippen LogP contribution >= 0.6 is 0 Å². The van der Waals surface area contributed by atoms with Crippen LogP contribution in [0.15, 0.2) is 18.2 Å². The molecule has 0 aromatic heterocycles. The number of benzene rings is 1. The number of nitrogens with two attached hydrogens (primary N) is 1. The monoisotopic (exact) mass is 248 g/mol. The summed E-state index contributed by atoms with van der Waals surface area (Å²) < 4.78 is 11.5. The smallest absolute Gasteiger partial charge is 0.171 e. The molecule has 2 aliphatic rings. The molecule has 0 amide bonds. The third-order valence-corrected chi connectivity index (χ3v) is 3.97. The minimum absolute atomic E-state index is 0.299. The fourth-order valence-corrected chi connectivity index (χ4v) is 2.72. The summed E-state index contributed by atoms with van der Waals surface area (Å²) in [6, 6.07) is 6.28. The Morgan fingerprint density at radius 2 is 1.83 bits per heavy atom. The maximum absolute atomic E-state index is 5.97. The fourth-order valence-electron chi connectivity index (χ4n) is 2.72. The molecule has 18 heavy (non-hydrogen) atoms. The summed E-state index contributed by atoms with van der Waals surface area (Å²) in [5, 5.41) is 0. The van der Waals surface area contributed by atoms with E-state index in [9.17, 15) is 0 Å². The van der Waals surface area contributed by atoms with Crippen LogP contribution in [0.3, 0.4) is 0 Å². The third kappa shape index (κ3) is 2.06. The Kier molecular flexibility index (Phi) is 2.92. The van der Waals surface area contributed by atoms with E-state index in [-0.39, 0.29) is 5.79 Å². The lowest BCUT2D eigenvalue weighted by Crippen LogP contribution is -2.45. The molecular weight excluding hydrogens is 228 g/mol. The van der Waals surface area contributed by atoms with Gasteiger partial charge >= 0.3 is 0 Å². The Hall–Kier alpha value is -1.26. The highest BCUT2D eigenvalue weighted by atomic mass is 16.7. The molecule has 2 N–H and O–H groups in total. The maximum Gasteiger partial charge on any atom is 0.171 e. The highest BCUT2D eigenvalue weighted by molar-refractivity contribution is 5.59. The van der Waals surface area contributed by atoms with Crippen LogP contribution < -0.4 is 10.6 Å². The Balaban J connectivity index is 1.70. The average molecular weight is 248 g/mol. The molecule has 1 aromatic rings. The Labute approximate surface area is 108 Å². The number of hydrogen-bond acceptors (Lipinski definition) is 4. The van der Waals surface area contributed by atoms with Crippen molar-refractivity contribution >= 4 is 11.4 Å². The lowest BCUT2D eigenvalue weighted by atomic mass is 10.0. The van der Waals surface area contributed by atoms with Gasteiger partial charge in [-0.2, -0.15) is 0 Å². The molecule has 2 heterocycles. The second-order valence-corrected chi connectivity index (χ2v) is 5.14. The van der Waals surface area contributed by atoms with Gasteiger partial charge in [-0.05, 0) is 24.6 Å². The summed E-state index contributed by atoms with van der Waals surface area (Å²) in [4.78, 5) is 2.35. The molecule has 98 valence electrons. The van der Waals surface area contributed by atoms with Gasteiger partial charge in [-0.1, -0.05) is 6.07 Å². The SMILES string of the molecule is Cc1ccc(N2CCC3(CC2)OCCO3)cc1N. The Bertz CT molecular complexity index is 431. The standard InChI is InChI=1S/C14H20N2O2/c1-11-2-3-12(10-13(11)15)16-6-4-14(5-7-16)17-8-9-18-14/h2-3,10H,4-9,15H2,1H3. The molecule has 0 radical (unpaired) electrons. The molecule has 2 aliphatic heterocycles. The van der Waals surface area contributed by atoms with E-state index in [1.807, 2.05) is 6.92 Å². The van der Waals surface area contributed by atoms with E-state index in [2.05, 4.69) is 23.1 Å². The molecule has 0 bridgehead atoms. The normalized spacial score (nSPS) is 22.6. The van der Waals surface area contributed by atoms with E-state index >= 15 is 0 Å². The van der Waals surface area contributed by atoms with Gasteiger partial charge in [-0.3, -0.25) is 0 Å². The summed E-state index contributed by atoms with van der Waals surface area (Å²) >= 11 is 0. The molecular formula is C14H20N2O2. The van der Waals surface area contributed by atoms with Crippen molar-refractivity contribution in [2.45, 2.75) is 25.6 Å². The van der Waals surface area contributed by atoms with Crippen molar-refractivity contribution in [1.29, 1.82) is 0 Å². The number of nitrogens with zero attached hydrogens (tertiary/aromatic N) is 1. The predicted molar refractivity (Wildman–Crippen MR) is 71.7 cm³/mol. The van der Waals surface area contributed by atoms with Gasteiger partial charge in [0.2, 0.25) is 0 Å². The highest BCUT2D eigenvalue weighted by Crippen LogP contribution is 2.33. The van der Waals surface area contributed by atoms with Crippen molar-refractivity contribution < 1.29 is 9.47 Å². The van der Waals surface area contributed by atoms with Crippen LogP contribution in [0, 0.1) is 6.92 Å². The van der Waals surface area contributed by atoms with E-state index in [1.165, 1.54) is 5.69 Å². The van der Waals surface area contributed by atoms with Gasteiger partial charge in [-0.15, -0.1) is 0 Å². The first-order valence-electron chi connectivity index (χ1n) is 6.58.